The maximum Gasteiger partial charge on any atom is 0.273 e. The fourth-order valence-corrected chi connectivity index (χ4v) is 2.15. The second kappa shape index (κ2) is 4.90. The van der Waals surface area contributed by atoms with Gasteiger partial charge in [0, 0.05) is 37.6 Å². The number of carbonyl (C=O) groups excluding carboxylic acids is 1. The average molecular weight is 281 g/mol. The molecule has 0 atom stereocenters. The van der Waals surface area contributed by atoms with Gasteiger partial charge in [-0.1, -0.05) is 0 Å². The minimum absolute atomic E-state index is 0.128. The average Bonchev–Trinajstić information content (AvgIpc) is 2.94. The van der Waals surface area contributed by atoms with Crippen molar-refractivity contribution in [3.8, 4) is 5.69 Å². The molecule has 0 aliphatic rings. The number of aromatic nitrogens is 3. The van der Waals surface area contributed by atoms with Crippen LogP contribution in [0, 0.1) is 0 Å². The van der Waals surface area contributed by atoms with Crippen molar-refractivity contribution in [3.63, 3.8) is 0 Å². The molecule has 0 radical (unpaired) electrons. The number of rotatable bonds is 2. The van der Waals surface area contributed by atoms with Gasteiger partial charge in [0.05, 0.1) is 11.2 Å². The van der Waals surface area contributed by atoms with Gasteiger partial charge in [0.15, 0.2) is 5.69 Å². The number of benzene rings is 1. The highest BCUT2D eigenvalue weighted by atomic mass is 16.2. The molecule has 0 bridgehead atoms. The third-order valence-electron chi connectivity index (χ3n) is 3.20. The van der Waals surface area contributed by atoms with Gasteiger partial charge >= 0.3 is 0 Å². The summed E-state index contributed by atoms with van der Waals surface area (Å²) in [5, 5.41) is 5.27. The van der Waals surface area contributed by atoms with Crippen molar-refractivity contribution >= 4 is 22.5 Å². The maximum atomic E-state index is 11.9. The number of hydrogen-bond acceptors (Lipinski definition) is 4. The maximum absolute atomic E-state index is 11.9. The Morgan fingerprint density at radius 3 is 2.81 bits per heavy atom. The van der Waals surface area contributed by atoms with Crippen molar-refractivity contribution in [2.24, 2.45) is 0 Å². The monoisotopic (exact) mass is 281 g/mol. The minimum atomic E-state index is -0.128. The lowest BCUT2D eigenvalue weighted by Crippen LogP contribution is -2.22. The van der Waals surface area contributed by atoms with Crippen LogP contribution in [-0.4, -0.2) is 39.7 Å². The zero-order chi connectivity index (χ0) is 15.0. The minimum Gasteiger partial charge on any atom is -0.399 e. The summed E-state index contributed by atoms with van der Waals surface area (Å²) in [6.07, 6.45) is 3.47. The quantitative estimate of drug-likeness (QED) is 0.725. The Bertz CT molecular complexity index is 822. The molecule has 106 valence electrons. The number of hydrogen-bond donors (Lipinski definition) is 1. The smallest absolute Gasteiger partial charge is 0.273 e. The van der Waals surface area contributed by atoms with Gasteiger partial charge in [-0.25, -0.2) is 4.68 Å². The molecule has 2 N–H and O–H groups in total. The summed E-state index contributed by atoms with van der Waals surface area (Å²) in [6, 6.07) is 9.10. The lowest BCUT2D eigenvalue weighted by atomic mass is 10.1. The van der Waals surface area contributed by atoms with Crippen LogP contribution in [0.5, 0.6) is 0 Å². The van der Waals surface area contributed by atoms with Crippen LogP contribution in [0.3, 0.4) is 0 Å². The highest BCUT2D eigenvalue weighted by molar-refractivity contribution is 5.92. The van der Waals surface area contributed by atoms with E-state index in [1.54, 1.807) is 37.2 Å². The second-order valence-corrected chi connectivity index (χ2v) is 4.95. The topological polar surface area (TPSA) is 77.0 Å². The van der Waals surface area contributed by atoms with Crippen LogP contribution in [0.1, 0.15) is 10.5 Å². The molecule has 0 saturated heterocycles. The van der Waals surface area contributed by atoms with Crippen LogP contribution in [-0.2, 0) is 0 Å². The number of nitrogens with two attached hydrogens (primary N) is 1. The largest absolute Gasteiger partial charge is 0.399 e. The number of carbonyl (C=O) groups is 1. The summed E-state index contributed by atoms with van der Waals surface area (Å²) in [4.78, 5) is 17.7. The third kappa shape index (κ3) is 2.31. The van der Waals surface area contributed by atoms with Gasteiger partial charge < -0.3 is 10.6 Å². The molecular formula is C15H15N5O. The molecule has 0 aliphatic carbocycles. The third-order valence-corrected chi connectivity index (χ3v) is 3.20. The van der Waals surface area contributed by atoms with Gasteiger partial charge in [-0.3, -0.25) is 9.78 Å². The van der Waals surface area contributed by atoms with Crippen LogP contribution >= 0.6 is 0 Å². The van der Waals surface area contributed by atoms with E-state index < -0.39 is 0 Å². The van der Waals surface area contributed by atoms with Crippen molar-refractivity contribution in [1.82, 2.24) is 19.7 Å². The zero-order valence-electron chi connectivity index (χ0n) is 11.8. The lowest BCUT2D eigenvalue weighted by Gasteiger charge is -2.08. The number of anilines is 1. The molecule has 6 nitrogen and oxygen atoms in total. The standard InChI is InChI=1S/C15H15N5O/c1-19(2)15(21)12-6-8-20(18-12)14-5-7-17-13-9-10(16)3-4-11(13)14/h3-9H,16H2,1-2H3. The van der Waals surface area contributed by atoms with Crippen LogP contribution in [0.2, 0.25) is 0 Å². The van der Waals surface area contributed by atoms with Gasteiger partial charge in [-0.15, -0.1) is 0 Å². The van der Waals surface area contributed by atoms with Gasteiger partial charge in [-0.2, -0.15) is 5.10 Å². The first kappa shape index (κ1) is 13.1. The SMILES string of the molecule is CN(C)C(=O)c1ccn(-c2ccnc3cc(N)ccc23)n1. The molecule has 1 amide bonds. The molecule has 1 aromatic carbocycles. The molecule has 2 aromatic heterocycles. The van der Waals surface area contributed by atoms with E-state index in [2.05, 4.69) is 10.1 Å². The molecule has 0 spiro atoms. The van der Waals surface area contributed by atoms with Gasteiger partial charge in [0.1, 0.15) is 0 Å². The number of amides is 1. The number of fused-ring (bicyclic) bond motifs is 1. The van der Waals surface area contributed by atoms with E-state index >= 15 is 0 Å². The van der Waals surface area contributed by atoms with E-state index in [0.717, 1.165) is 16.6 Å². The Kier molecular flexibility index (Phi) is 3.06. The molecule has 3 rings (SSSR count). The molecule has 3 aromatic rings. The van der Waals surface area contributed by atoms with E-state index in [4.69, 9.17) is 5.73 Å². The van der Waals surface area contributed by atoms with Gasteiger partial charge in [0.2, 0.25) is 0 Å². The summed E-state index contributed by atoms with van der Waals surface area (Å²) < 4.78 is 1.68. The van der Waals surface area contributed by atoms with Crippen LogP contribution in [0.4, 0.5) is 5.69 Å². The predicted octanol–water partition coefficient (Wildman–Crippen LogP) is 1.70. The molecular weight excluding hydrogens is 266 g/mol. The highest BCUT2D eigenvalue weighted by Crippen LogP contribution is 2.22. The Labute approximate surface area is 121 Å². The molecule has 0 aliphatic heterocycles. The lowest BCUT2D eigenvalue weighted by molar-refractivity contribution is 0.0821. The molecule has 0 unspecified atom stereocenters. The first-order valence-electron chi connectivity index (χ1n) is 6.48. The van der Waals surface area contributed by atoms with Gasteiger partial charge in [-0.05, 0) is 30.3 Å². The van der Waals surface area contributed by atoms with Crippen molar-refractivity contribution in [3.05, 3.63) is 48.4 Å². The number of pyridine rings is 1. The first-order chi connectivity index (χ1) is 10.1. The molecule has 6 heteroatoms. The van der Waals surface area contributed by atoms with E-state index in [1.807, 2.05) is 24.3 Å². The van der Waals surface area contributed by atoms with E-state index in [0.29, 0.717) is 11.4 Å². The van der Waals surface area contributed by atoms with Gasteiger partial charge in [0.25, 0.3) is 5.91 Å². The van der Waals surface area contributed by atoms with E-state index in [1.165, 1.54) is 4.90 Å². The Morgan fingerprint density at radius 1 is 1.24 bits per heavy atom. The number of nitrogen functional groups attached to an aromatic ring is 1. The van der Waals surface area contributed by atoms with Crippen LogP contribution in [0.15, 0.2) is 42.7 Å². The molecule has 21 heavy (non-hydrogen) atoms. The zero-order valence-corrected chi connectivity index (χ0v) is 11.8. The summed E-state index contributed by atoms with van der Waals surface area (Å²) in [6.45, 7) is 0. The number of nitrogens with zero attached hydrogens (tertiary/aromatic N) is 4. The van der Waals surface area contributed by atoms with Crippen molar-refractivity contribution in [1.29, 1.82) is 0 Å². The van der Waals surface area contributed by atoms with Crippen molar-refractivity contribution in [2.75, 3.05) is 19.8 Å². The van der Waals surface area contributed by atoms with E-state index in [-0.39, 0.29) is 5.91 Å². The van der Waals surface area contributed by atoms with Crippen LogP contribution < -0.4 is 5.73 Å². The first-order valence-corrected chi connectivity index (χ1v) is 6.48. The Hall–Kier alpha value is -2.89. The molecule has 0 saturated carbocycles. The van der Waals surface area contributed by atoms with Crippen molar-refractivity contribution < 1.29 is 4.79 Å². The summed E-state index contributed by atoms with van der Waals surface area (Å²) in [7, 11) is 3.40. The summed E-state index contributed by atoms with van der Waals surface area (Å²) >= 11 is 0. The Morgan fingerprint density at radius 2 is 2.05 bits per heavy atom. The van der Waals surface area contributed by atoms with E-state index in [9.17, 15) is 4.79 Å². The normalized spacial score (nSPS) is 10.8. The molecule has 2 heterocycles. The summed E-state index contributed by atoms with van der Waals surface area (Å²) in [5.41, 5.74) is 8.50. The van der Waals surface area contributed by atoms with Crippen LogP contribution in [0.25, 0.3) is 16.6 Å². The summed E-state index contributed by atoms with van der Waals surface area (Å²) in [5.74, 6) is -0.128. The second-order valence-electron chi connectivity index (χ2n) is 4.95. The Balaban J connectivity index is 2.11. The predicted molar refractivity (Wildman–Crippen MR) is 81.3 cm³/mol. The highest BCUT2D eigenvalue weighted by Gasteiger charge is 2.13. The fourth-order valence-electron chi connectivity index (χ4n) is 2.15. The van der Waals surface area contributed by atoms with Crippen molar-refractivity contribution in [2.45, 2.75) is 0 Å². The molecule has 0 fully saturated rings. The fraction of sp³-hybridized carbons (Fsp3) is 0.133.